The summed E-state index contributed by atoms with van der Waals surface area (Å²) < 4.78 is 5.39. The zero-order chi connectivity index (χ0) is 17.3. The second-order valence-corrected chi connectivity index (χ2v) is 6.00. The molecule has 2 amide bonds. The van der Waals surface area contributed by atoms with Gasteiger partial charge in [-0.1, -0.05) is 24.3 Å². The van der Waals surface area contributed by atoms with Crippen molar-refractivity contribution in [2.24, 2.45) is 0 Å². The molecule has 1 aliphatic heterocycles. The predicted molar refractivity (Wildman–Crippen MR) is 97.5 cm³/mol. The van der Waals surface area contributed by atoms with Gasteiger partial charge in [0.2, 0.25) is 0 Å². The zero-order valence-electron chi connectivity index (χ0n) is 14.3. The lowest BCUT2D eigenvalue weighted by Gasteiger charge is -2.27. The normalized spacial score (nSPS) is 14.9. The number of para-hydroxylation sites is 1. The highest BCUT2D eigenvalue weighted by atomic mass is 16.5. The Hall–Kier alpha value is -2.44. The topological polar surface area (TPSA) is 66.5 Å². The number of ether oxygens (including phenoxy) is 1. The molecule has 1 fully saturated rings. The van der Waals surface area contributed by atoms with Crippen molar-refractivity contribution in [2.45, 2.75) is 13.0 Å². The van der Waals surface area contributed by atoms with E-state index < -0.39 is 0 Å². The maximum absolute atomic E-state index is 12.2. The Morgan fingerprint density at radius 2 is 1.92 bits per heavy atom. The third-order valence-electron chi connectivity index (χ3n) is 4.16. The number of nitrogens with one attached hydrogen (secondary N) is 2. The van der Waals surface area contributed by atoms with Crippen LogP contribution in [0.2, 0.25) is 0 Å². The molecule has 1 aromatic heterocycles. The van der Waals surface area contributed by atoms with Gasteiger partial charge in [-0.05, 0) is 23.8 Å². The fraction of sp³-hybridized carbons (Fsp3) is 0.368. The number of rotatable bonds is 6. The monoisotopic (exact) mass is 340 g/mol. The van der Waals surface area contributed by atoms with Crippen molar-refractivity contribution in [2.75, 3.05) is 38.2 Å². The number of hydrogen-bond donors (Lipinski definition) is 2. The average molecular weight is 340 g/mol. The summed E-state index contributed by atoms with van der Waals surface area (Å²) in [5, 5.41) is 5.84. The largest absolute Gasteiger partial charge is 0.379 e. The quantitative estimate of drug-likeness (QED) is 0.847. The molecule has 1 aliphatic rings. The molecule has 0 unspecified atom stereocenters. The van der Waals surface area contributed by atoms with Crippen LogP contribution in [0.25, 0.3) is 0 Å². The van der Waals surface area contributed by atoms with Gasteiger partial charge in [0.1, 0.15) is 0 Å². The number of morpholine rings is 1. The van der Waals surface area contributed by atoms with E-state index in [0.717, 1.165) is 49.8 Å². The summed E-state index contributed by atoms with van der Waals surface area (Å²) in [5.74, 6) is 0. The smallest absolute Gasteiger partial charge is 0.319 e. The molecule has 2 heterocycles. The minimum Gasteiger partial charge on any atom is -0.379 e. The highest BCUT2D eigenvalue weighted by Crippen LogP contribution is 2.17. The van der Waals surface area contributed by atoms with Crippen molar-refractivity contribution >= 4 is 11.7 Å². The van der Waals surface area contributed by atoms with E-state index in [0.29, 0.717) is 13.0 Å². The Morgan fingerprint density at radius 1 is 1.12 bits per heavy atom. The number of aromatic nitrogens is 1. The van der Waals surface area contributed by atoms with Gasteiger partial charge < -0.3 is 15.4 Å². The van der Waals surface area contributed by atoms with Gasteiger partial charge >= 0.3 is 6.03 Å². The summed E-state index contributed by atoms with van der Waals surface area (Å²) in [6, 6.07) is 13.5. The van der Waals surface area contributed by atoms with Gasteiger partial charge in [-0.15, -0.1) is 0 Å². The lowest BCUT2D eigenvalue weighted by molar-refractivity contribution is 0.0343. The number of pyridine rings is 1. The number of nitrogens with zero attached hydrogens (tertiary/aromatic N) is 2. The molecule has 0 radical (unpaired) electrons. The van der Waals surface area contributed by atoms with Crippen molar-refractivity contribution < 1.29 is 9.53 Å². The third kappa shape index (κ3) is 5.55. The van der Waals surface area contributed by atoms with Gasteiger partial charge in [0.25, 0.3) is 0 Å². The summed E-state index contributed by atoms with van der Waals surface area (Å²) in [4.78, 5) is 18.8. The van der Waals surface area contributed by atoms with E-state index in [-0.39, 0.29) is 6.03 Å². The minimum absolute atomic E-state index is 0.189. The average Bonchev–Trinajstić information content (AvgIpc) is 2.65. The Labute approximate surface area is 148 Å². The van der Waals surface area contributed by atoms with E-state index in [2.05, 4.69) is 26.6 Å². The van der Waals surface area contributed by atoms with E-state index in [1.807, 2.05) is 36.4 Å². The summed E-state index contributed by atoms with van der Waals surface area (Å²) in [6.45, 7) is 4.74. The van der Waals surface area contributed by atoms with Gasteiger partial charge in [-0.2, -0.15) is 0 Å². The summed E-state index contributed by atoms with van der Waals surface area (Å²) in [7, 11) is 0. The number of benzene rings is 1. The molecular weight excluding hydrogens is 316 g/mol. The molecule has 3 rings (SSSR count). The lowest BCUT2D eigenvalue weighted by Crippen LogP contribution is -2.36. The number of carbonyl (C=O) groups excluding carboxylic acids is 1. The fourth-order valence-electron chi connectivity index (χ4n) is 2.80. The van der Waals surface area contributed by atoms with E-state index in [9.17, 15) is 4.79 Å². The zero-order valence-corrected chi connectivity index (χ0v) is 14.3. The van der Waals surface area contributed by atoms with E-state index in [1.54, 1.807) is 6.20 Å². The summed E-state index contributed by atoms with van der Waals surface area (Å²) >= 11 is 0. The van der Waals surface area contributed by atoms with Crippen molar-refractivity contribution in [3.63, 3.8) is 0 Å². The first kappa shape index (κ1) is 17.4. The van der Waals surface area contributed by atoms with Crippen LogP contribution >= 0.6 is 0 Å². The molecule has 6 heteroatoms. The standard InChI is InChI=1S/C19H24N4O2/c24-19(21-10-8-17-6-3-4-9-20-17)22-18-7-2-1-5-16(18)15-23-11-13-25-14-12-23/h1-7,9H,8,10-15H2,(H2,21,22,24). The van der Waals surface area contributed by atoms with Gasteiger partial charge in [0.15, 0.2) is 0 Å². The fourth-order valence-corrected chi connectivity index (χ4v) is 2.80. The molecule has 2 aromatic rings. The maximum atomic E-state index is 12.2. The Morgan fingerprint density at radius 3 is 2.72 bits per heavy atom. The first-order valence-electron chi connectivity index (χ1n) is 8.64. The second-order valence-electron chi connectivity index (χ2n) is 6.00. The molecule has 0 spiro atoms. The molecule has 0 bridgehead atoms. The summed E-state index contributed by atoms with van der Waals surface area (Å²) in [5.41, 5.74) is 2.93. The molecule has 132 valence electrons. The van der Waals surface area contributed by atoms with Crippen molar-refractivity contribution in [3.05, 3.63) is 59.9 Å². The van der Waals surface area contributed by atoms with Gasteiger partial charge in [-0.25, -0.2) is 4.79 Å². The summed E-state index contributed by atoms with van der Waals surface area (Å²) in [6.07, 6.45) is 2.47. The van der Waals surface area contributed by atoms with Gasteiger partial charge in [0, 0.05) is 50.2 Å². The first-order valence-corrected chi connectivity index (χ1v) is 8.64. The third-order valence-corrected chi connectivity index (χ3v) is 4.16. The van der Waals surface area contributed by atoms with Crippen LogP contribution < -0.4 is 10.6 Å². The van der Waals surface area contributed by atoms with Crippen molar-refractivity contribution in [1.29, 1.82) is 0 Å². The number of amides is 2. The molecule has 0 aliphatic carbocycles. The highest BCUT2D eigenvalue weighted by molar-refractivity contribution is 5.90. The lowest BCUT2D eigenvalue weighted by atomic mass is 10.1. The number of urea groups is 1. The molecule has 25 heavy (non-hydrogen) atoms. The van der Waals surface area contributed by atoms with Crippen molar-refractivity contribution in [3.8, 4) is 0 Å². The molecule has 0 atom stereocenters. The molecule has 6 nitrogen and oxygen atoms in total. The molecule has 1 aromatic carbocycles. The van der Waals surface area contributed by atoms with Crippen LogP contribution in [0, 0.1) is 0 Å². The molecule has 0 saturated carbocycles. The van der Waals surface area contributed by atoms with Crippen molar-refractivity contribution in [1.82, 2.24) is 15.2 Å². The van der Waals surface area contributed by atoms with E-state index >= 15 is 0 Å². The number of hydrogen-bond acceptors (Lipinski definition) is 4. The Balaban J connectivity index is 1.50. The molecule has 2 N–H and O–H groups in total. The van der Waals surface area contributed by atoms with Crippen LogP contribution in [0.3, 0.4) is 0 Å². The SMILES string of the molecule is O=C(NCCc1ccccn1)Nc1ccccc1CN1CCOCC1. The van der Waals surface area contributed by atoms with Crippen LogP contribution in [0.5, 0.6) is 0 Å². The number of anilines is 1. The van der Waals surface area contributed by atoms with Crippen LogP contribution in [0.15, 0.2) is 48.7 Å². The van der Waals surface area contributed by atoms with E-state index in [1.165, 1.54) is 0 Å². The van der Waals surface area contributed by atoms with Crippen LogP contribution in [-0.2, 0) is 17.7 Å². The molecular formula is C19H24N4O2. The first-order chi connectivity index (χ1) is 12.3. The Kier molecular flexibility index (Phi) is 6.36. The van der Waals surface area contributed by atoms with Crippen LogP contribution in [0.1, 0.15) is 11.3 Å². The van der Waals surface area contributed by atoms with Crippen LogP contribution in [-0.4, -0.2) is 48.8 Å². The molecule has 1 saturated heterocycles. The highest BCUT2D eigenvalue weighted by Gasteiger charge is 2.13. The maximum Gasteiger partial charge on any atom is 0.319 e. The number of carbonyl (C=O) groups is 1. The Bertz CT molecular complexity index is 672. The van der Waals surface area contributed by atoms with Crippen LogP contribution in [0.4, 0.5) is 10.5 Å². The minimum atomic E-state index is -0.189. The predicted octanol–water partition coefficient (Wildman–Crippen LogP) is 2.28. The second kappa shape index (κ2) is 9.15. The van der Waals surface area contributed by atoms with Gasteiger partial charge in [-0.3, -0.25) is 9.88 Å². The van der Waals surface area contributed by atoms with Gasteiger partial charge in [0.05, 0.1) is 13.2 Å². The van der Waals surface area contributed by atoms with E-state index in [4.69, 9.17) is 4.74 Å².